The standard InChI is InChI=1S/C22H27ClFN5O3/c23-18-11-26-16(8-20(30)15-10-25-3-6-32-13-15)7-17(18)19-12-27-21(24)22(29-19)28-9-14-1-4-31-5-2-14/h7,11-12,14-15,25H,1-6,8-10,13H2,(H,28,29)/t15-/m0/s1. The van der Waals surface area contributed by atoms with E-state index in [2.05, 4.69) is 25.6 Å². The van der Waals surface area contributed by atoms with Gasteiger partial charge in [-0.2, -0.15) is 4.39 Å². The number of halogens is 2. The summed E-state index contributed by atoms with van der Waals surface area (Å²) in [6.45, 7) is 4.36. The summed E-state index contributed by atoms with van der Waals surface area (Å²) >= 11 is 6.36. The number of nitrogens with one attached hydrogen (secondary N) is 2. The second-order valence-corrected chi connectivity index (χ2v) is 8.51. The van der Waals surface area contributed by atoms with Gasteiger partial charge >= 0.3 is 0 Å². The van der Waals surface area contributed by atoms with Gasteiger partial charge in [0.25, 0.3) is 5.95 Å². The number of nitrogens with zero attached hydrogens (tertiary/aromatic N) is 3. The lowest BCUT2D eigenvalue weighted by Crippen LogP contribution is -2.30. The molecule has 32 heavy (non-hydrogen) atoms. The zero-order valence-corrected chi connectivity index (χ0v) is 18.5. The van der Waals surface area contributed by atoms with E-state index in [1.54, 1.807) is 6.07 Å². The molecule has 2 aliphatic heterocycles. The van der Waals surface area contributed by atoms with Crippen LogP contribution < -0.4 is 10.6 Å². The number of carbonyl (C=O) groups excluding carboxylic acids is 1. The van der Waals surface area contributed by atoms with E-state index < -0.39 is 5.95 Å². The highest BCUT2D eigenvalue weighted by Crippen LogP contribution is 2.28. The second-order valence-electron chi connectivity index (χ2n) is 8.11. The molecule has 2 fully saturated rings. The van der Waals surface area contributed by atoms with Gasteiger partial charge in [0.2, 0.25) is 0 Å². The van der Waals surface area contributed by atoms with Crippen LogP contribution in [0.1, 0.15) is 18.5 Å². The maximum Gasteiger partial charge on any atom is 0.255 e. The van der Waals surface area contributed by atoms with Crippen LogP contribution in [-0.4, -0.2) is 66.8 Å². The van der Waals surface area contributed by atoms with Gasteiger partial charge in [0, 0.05) is 56.7 Å². The number of ketones is 1. The van der Waals surface area contributed by atoms with Crippen molar-refractivity contribution >= 4 is 23.2 Å². The summed E-state index contributed by atoms with van der Waals surface area (Å²) in [7, 11) is 0. The Balaban J connectivity index is 1.48. The molecule has 0 radical (unpaired) electrons. The lowest BCUT2D eigenvalue weighted by Gasteiger charge is -2.22. The molecule has 2 N–H and O–H groups in total. The first kappa shape index (κ1) is 23.0. The number of rotatable bonds is 7. The van der Waals surface area contributed by atoms with Gasteiger partial charge in [-0.1, -0.05) is 11.6 Å². The fourth-order valence-electron chi connectivity index (χ4n) is 3.82. The van der Waals surface area contributed by atoms with Gasteiger partial charge in [-0.3, -0.25) is 9.78 Å². The number of pyridine rings is 1. The van der Waals surface area contributed by atoms with Crippen molar-refractivity contribution in [2.45, 2.75) is 19.3 Å². The maximum atomic E-state index is 14.3. The molecule has 2 saturated heterocycles. The highest BCUT2D eigenvalue weighted by atomic mass is 35.5. The van der Waals surface area contributed by atoms with Crippen LogP contribution in [0.4, 0.5) is 10.2 Å². The van der Waals surface area contributed by atoms with Crippen molar-refractivity contribution < 1.29 is 18.7 Å². The summed E-state index contributed by atoms with van der Waals surface area (Å²) in [5, 5.41) is 6.63. The van der Waals surface area contributed by atoms with Crippen LogP contribution in [0.5, 0.6) is 0 Å². The molecule has 0 bridgehead atoms. The van der Waals surface area contributed by atoms with E-state index in [0.717, 1.165) is 32.6 Å². The van der Waals surface area contributed by atoms with Crippen LogP contribution in [0, 0.1) is 17.8 Å². The monoisotopic (exact) mass is 463 g/mol. The summed E-state index contributed by atoms with van der Waals surface area (Å²) in [5.74, 6) is -0.351. The summed E-state index contributed by atoms with van der Waals surface area (Å²) in [6, 6.07) is 1.72. The largest absolute Gasteiger partial charge is 0.381 e. The Labute approximate surface area is 191 Å². The molecular weight excluding hydrogens is 437 g/mol. The number of Topliss-reactive ketones (excluding diaryl/α,β-unsaturated/α-hetero) is 1. The van der Waals surface area contributed by atoms with Crippen LogP contribution in [0.15, 0.2) is 18.5 Å². The van der Waals surface area contributed by atoms with Gasteiger partial charge in [0.15, 0.2) is 5.82 Å². The molecule has 172 valence electrons. The molecule has 8 nitrogen and oxygen atoms in total. The van der Waals surface area contributed by atoms with Gasteiger partial charge in [0.1, 0.15) is 5.78 Å². The minimum absolute atomic E-state index is 0.0455. The van der Waals surface area contributed by atoms with Crippen LogP contribution in [-0.2, 0) is 20.7 Å². The molecule has 0 aromatic carbocycles. The van der Waals surface area contributed by atoms with Crippen molar-refractivity contribution in [2.75, 3.05) is 51.4 Å². The average molecular weight is 464 g/mol. The predicted octanol–water partition coefficient (Wildman–Crippen LogP) is 2.52. The molecule has 10 heteroatoms. The number of anilines is 1. The molecule has 0 unspecified atom stereocenters. The third kappa shape index (κ3) is 5.98. The molecule has 2 aromatic heterocycles. The predicted molar refractivity (Wildman–Crippen MR) is 118 cm³/mol. The smallest absolute Gasteiger partial charge is 0.255 e. The van der Waals surface area contributed by atoms with Crippen LogP contribution >= 0.6 is 11.6 Å². The van der Waals surface area contributed by atoms with Crippen LogP contribution in [0.25, 0.3) is 11.3 Å². The number of hydrogen-bond donors (Lipinski definition) is 2. The lowest BCUT2D eigenvalue weighted by molar-refractivity contribution is -0.123. The van der Waals surface area contributed by atoms with Gasteiger partial charge in [-0.25, -0.2) is 9.97 Å². The number of ether oxygens (including phenoxy) is 2. The minimum Gasteiger partial charge on any atom is -0.381 e. The number of carbonyl (C=O) groups is 1. The molecule has 2 aromatic rings. The van der Waals surface area contributed by atoms with Gasteiger partial charge < -0.3 is 20.1 Å². The number of aromatic nitrogens is 3. The topological polar surface area (TPSA) is 98.3 Å². The maximum absolute atomic E-state index is 14.3. The molecule has 0 spiro atoms. The molecule has 2 aliphatic rings. The van der Waals surface area contributed by atoms with Crippen molar-refractivity contribution in [3.05, 3.63) is 35.1 Å². The van der Waals surface area contributed by atoms with Gasteiger partial charge in [-0.05, 0) is 24.8 Å². The fraction of sp³-hybridized carbons (Fsp3) is 0.545. The summed E-state index contributed by atoms with van der Waals surface area (Å²) in [4.78, 5) is 25.2. The Morgan fingerprint density at radius 1 is 1.22 bits per heavy atom. The Bertz CT molecular complexity index is 934. The first-order valence-corrected chi connectivity index (χ1v) is 11.3. The highest BCUT2D eigenvalue weighted by molar-refractivity contribution is 6.33. The lowest BCUT2D eigenvalue weighted by atomic mass is 10.00. The van der Waals surface area contributed by atoms with Gasteiger partial charge in [-0.15, -0.1) is 0 Å². The Hall–Kier alpha value is -2.20. The van der Waals surface area contributed by atoms with E-state index in [0.29, 0.717) is 54.2 Å². The highest BCUT2D eigenvalue weighted by Gasteiger charge is 2.22. The van der Waals surface area contributed by atoms with E-state index in [9.17, 15) is 9.18 Å². The minimum atomic E-state index is -0.665. The molecule has 4 heterocycles. The normalized spacial score (nSPS) is 20.0. The average Bonchev–Trinajstić information content (AvgIpc) is 3.10. The van der Waals surface area contributed by atoms with Crippen LogP contribution in [0.2, 0.25) is 5.02 Å². The van der Waals surface area contributed by atoms with E-state index in [1.165, 1.54) is 12.4 Å². The second kappa shape index (κ2) is 11.1. The van der Waals surface area contributed by atoms with E-state index in [4.69, 9.17) is 21.1 Å². The third-order valence-electron chi connectivity index (χ3n) is 5.76. The molecular formula is C22H27ClFN5O3. The van der Waals surface area contributed by atoms with Crippen molar-refractivity contribution in [1.82, 2.24) is 20.3 Å². The summed E-state index contributed by atoms with van der Waals surface area (Å²) < 4.78 is 25.1. The Kier molecular flexibility index (Phi) is 7.96. The molecule has 1 atom stereocenters. The van der Waals surface area contributed by atoms with E-state index in [1.807, 2.05) is 0 Å². The Morgan fingerprint density at radius 3 is 2.91 bits per heavy atom. The fourth-order valence-corrected chi connectivity index (χ4v) is 4.02. The van der Waals surface area contributed by atoms with Crippen molar-refractivity contribution in [1.29, 1.82) is 0 Å². The zero-order valence-electron chi connectivity index (χ0n) is 17.8. The van der Waals surface area contributed by atoms with E-state index in [-0.39, 0.29) is 23.9 Å². The molecule has 4 rings (SSSR count). The first-order chi connectivity index (χ1) is 15.6. The summed E-state index contributed by atoms with van der Waals surface area (Å²) in [5.41, 5.74) is 1.55. The molecule has 0 saturated carbocycles. The van der Waals surface area contributed by atoms with Crippen molar-refractivity contribution in [3.8, 4) is 11.3 Å². The van der Waals surface area contributed by atoms with E-state index >= 15 is 0 Å². The number of hydrogen-bond acceptors (Lipinski definition) is 8. The molecule has 0 amide bonds. The quantitative estimate of drug-likeness (QED) is 0.646. The summed E-state index contributed by atoms with van der Waals surface area (Å²) in [6.07, 6.45) is 4.84. The van der Waals surface area contributed by atoms with Crippen LogP contribution in [0.3, 0.4) is 0 Å². The van der Waals surface area contributed by atoms with Crippen molar-refractivity contribution in [3.63, 3.8) is 0 Å². The third-order valence-corrected chi connectivity index (χ3v) is 6.06. The Morgan fingerprint density at radius 2 is 2.06 bits per heavy atom. The van der Waals surface area contributed by atoms with Gasteiger partial charge in [0.05, 0.1) is 36.0 Å². The SMILES string of the molecule is O=C(Cc1cc(-c2cnc(F)c(NCC3CCOCC3)n2)c(Cl)cn1)[C@H]1CNCCOC1. The van der Waals surface area contributed by atoms with Crippen molar-refractivity contribution in [2.24, 2.45) is 11.8 Å². The first-order valence-electron chi connectivity index (χ1n) is 10.9. The zero-order chi connectivity index (χ0) is 22.3. The molecule has 0 aliphatic carbocycles.